The van der Waals surface area contributed by atoms with Crippen LogP contribution in [0, 0.1) is 0 Å². The van der Waals surface area contributed by atoms with Crippen LogP contribution in [0.5, 0.6) is 0 Å². The molecule has 20 heavy (non-hydrogen) atoms. The van der Waals surface area contributed by atoms with E-state index < -0.39 is 6.10 Å². The minimum Gasteiger partial charge on any atom is -0.387 e. The minimum absolute atomic E-state index is 0.266. The molecule has 0 radical (unpaired) electrons. The summed E-state index contributed by atoms with van der Waals surface area (Å²) in [5, 5.41) is 10.2. The normalized spacial score (nSPS) is 13.2. The molecule has 2 rings (SSSR count). The molecule has 0 saturated carbocycles. The van der Waals surface area contributed by atoms with E-state index in [1.807, 2.05) is 60.7 Å². The summed E-state index contributed by atoms with van der Waals surface area (Å²) in [5.41, 5.74) is 2.01. The van der Waals surface area contributed by atoms with Crippen molar-refractivity contribution in [1.82, 2.24) is 0 Å². The molecule has 0 aliphatic heterocycles. The van der Waals surface area contributed by atoms with Crippen molar-refractivity contribution >= 4 is 11.4 Å². The third-order valence-corrected chi connectivity index (χ3v) is 3.20. The number of nitrogens with zero attached hydrogens (tertiary/aromatic N) is 1. The number of aliphatic hydroxyl groups is 1. The second kappa shape index (κ2) is 6.73. The summed E-state index contributed by atoms with van der Waals surface area (Å²) in [6.45, 7) is 7.53. The van der Waals surface area contributed by atoms with Crippen LogP contribution in [0.25, 0.3) is 0 Å². The summed E-state index contributed by atoms with van der Waals surface area (Å²) in [4.78, 5) is 2.05. The number of benzene rings is 2. The Bertz CT molecular complexity index is 511. The van der Waals surface area contributed by atoms with E-state index in [2.05, 4.69) is 18.1 Å². The fourth-order valence-electron chi connectivity index (χ4n) is 2.21. The molecule has 0 spiro atoms. The largest absolute Gasteiger partial charge is 0.387 e. The molecule has 0 saturated heterocycles. The summed E-state index contributed by atoms with van der Waals surface area (Å²) in [5.74, 6) is 0. The molecule has 0 fully saturated rings. The molecule has 0 amide bonds. The SMILES string of the molecule is C=C[C@@H](O)[C@H](C=C)N(c1ccccc1)c1ccccc1. The van der Waals surface area contributed by atoms with Gasteiger partial charge in [0.2, 0.25) is 0 Å². The Labute approximate surface area is 120 Å². The van der Waals surface area contributed by atoms with Crippen molar-refractivity contribution in [2.45, 2.75) is 12.1 Å². The summed E-state index contributed by atoms with van der Waals surface area (Å²) in [6.07, 6.45) is 2.59. The van der Waals surface area contributed by atoms with Gasteiger partial charge in [0.05, 0.1) is 12.1 Å². The summed E-state index contributed by atoms with van der Waals surface area (Å²) < 4.78 is 0. The Morgan fingerprint density at radius 1 is 0.800 bits per heavy atom. The minimum atomic E-state index is -0.687. The standard InChI is InChI=1S/C18H19NO/c1-3-17(18(20)4-2)19(15-11-7-5-8-12-15)16-13-9-6-10-14-16/h3-14,17-18,20H,1-2H2/t17-,18+/m0/s1. The third-order valence-electron chi connectivity index (χ3n) is 3.20. The molecule has 0 aromatic heterocycles. The summed E-state index contributed by atoms with van der Waals surface area (Å²) in [6, 6.07) is 19.6. The van der Waals surface area contributed by atoms with Gasteiger partial charge in [0, 0.05) is 11.4 Å². The van der Waals surface area contributed by atoms with Crippen LogP contribution in [0.3, 0.4) is 0 Å². The zero-order valence-corrected chi connectivity index (χ0v) is 11.4. The van der Waals surface area contributed by atoms with Crippen LogP contribution in [-0.2, 0) is 0 Å². The van der Waals surface area contributed by atoms with Gasteiger partial charge in [-0.2, -0.15) is 0 Å². The molecule has 2 heteroatoms. The van der Waals surface area contributed by atoms with E-state index in [4.69, 9.17) is 0 Å². The molecule has 0 bridgehead atoms. The first-order valence-corrected chi connectivity index (χ1v) is 6.60. The lowest BCUT2D eigenvalue weighted by molar-refractivity contribution is 0.208. The third kappa shape index (κ3) is 2.98. The number of rotatable bonds is 6. The molecule has 102 valence electrons. The maximum absolute atomic E-state index is 10.2. The molecule has 1 N–H and O–H groups in total. The van der Waals surface area contributed by atoms with Crippen molar-refractivity contribution in [3.05, 3.63) is 86.0 Å². The van der Waals surface area contributed by atoms with Gasteiger partial charge < -0.3 is 10.0 Å². The first kappa shape index (κ1) is 14.1. The first-order valence-electron chi connectivity index (χ1n) is 6.60. The predicted molar refractivity (Wildman–Crippen MR) is 85.2 cm³/mol. The highest BCUT2D eigenvalue weighted by Gasteiger charge is 2.23. The lowest BCUT2D eigenvalue weighted by Gasteiger charge is -2.33. The van der Waals surface area contributed by atoms with E-state index in [0.29, 0.717) is 0 Å². The molecule has 2 nitrogen and oxygen atoms in total. The topological polar surface area (TPSA) is 23.5 Å². The van der Waals surface area contributed by atoms with Crippen molar-refractivity contribution in [3.63, 3.8) is 0 Å². The van der Waals surface area contributed by atoms with Gasteiger partial charge in [-0.05, 0) is 24.3 Å². The van der Waals surface area contributed by atoms with Gasteiger partial charge in [-0.15, -0.1) is 13.2 Å². The Morgan fingerprint density at radius 2 is 1.25 bits per heavy atom. The molecular formula is C18H19NO. The zero-order chi connectivity index (χ0) is 14.4. The average molecular weight is 265 g/mol. The monoisotopic (exact) mass is 265 g/mol. The number of hydrogen-bond acceptors (Lipinski definition) is 2. The van der Waals surface area contributed by atoms with Crippen LogP contribution in [0.2, 0.25) is 0 Å². The molecule has 0 aliphatic rings. The van der Waals surface area contributed by atoms with Crippen LogP contribution < -0.4 is 4.90 Å². The van der Waals surface area contributed by atoms with Crippen LogP contribution in [-0.4, -0.2) is 17.3 Å². The molecular weight excluding hydrogens is 246 g/mol. The fourth-order valence-corrected chi connectivity index (χ4v) is 2.21. The van der Waals surface area contributed by atoms with E-state index in [1.54, 1.807) is 6.08 Å². The van der Waals surface area contributed by atoms with Crippen LogP contribution >= 0.6 is 0 Å². The van der Waals surface area contributed by atoms with Crippen molar-refractivity contribution in [2.24, 2.45) is 0 Å². The fraction of sp³-hybridized carbons (Fsp3) is 0.111. The highest BCUT2D eigenvalue weighted by atomic mass is 16.3. The molecule has 0 aliphatic carbocycles. The highest BCUT2D eigenvalue weighted by molar-refractivity contribution is 5.65. The average Bonchev–Trinajstić information content (AvgIpc) is 2.53. The molecule has 2 aromatic rings. The van der Waals surface area contributed by atoms with Gasteiger partial charge in [0.15, 0.2) is 0 Å². The van der Waals surface area contributed by atoms with Gasteiger partial charge in [0.1, 0.15) is 0 Å². The summed E-state index contributed by atoms with van der Waals surface area (Å²) >= 11 is 0. The van der Waals surface area contributed by atoms with Crippen molar-refractivity contribution < 1.29 is 5.11 Å². The van der Waals surface area contributed by atoms with E-state index in [9.17, 15) is 5.11 Å². The summed E-state index contributed by atoms with van der Waals surface area (Å²) in [7, 11) is 0. The molecule has 0 heterocycles. The zero-order valence-electron chi connectivity index (χ0n) is 11.4. The lowest BCUT2D eigenvalue weighted by atomic mass is 10.1. The maximum Gasteiger partial charge on any atom is 0.0961 e. The highest BCUT2D eigenvalue weighted by Crippen LogP contribution is 2.29. The number of aliphatic hydroxyl groups excluding tert-OH is 1. The lowest BCUT2D eigenvalue weighted by Crippen LogP contribution is -2.38. The smallest absolute Gasteiger partial charge is 0.0961 e. The Hall–Kier alpha value is -2.32. The second-order valence-electron chi connectivity index (χ2n) is 4.49. The van der Waals surface area contributed by atoms with Crippen molar-refractivity contribution in [2.75, 3.05) is 4.90 Å². The van der Waals surface area contributed by atoms with Gasteiger partial charge in [-0.25, -0.2) is 0 Å². The molecule has 2 aromatic carbocycles. The van der Waals surface area contributed by atoms with Crippen LogP contribution in [0.4, 0.5) is 11.4 Å². The Balaban J connectivity index is 2.49. The second-order valence-corrected chi connectivity index (χ2v) is 4.49. The van der Waals surface area contributed by atoms with Crippen molar-refractivity contribution in [3.8, 4) is 0 Å². The Kier molecular flexibility index (Phi) is 4.75. The molecule has 0 unspecified atom stereocenters. The van der Waals surface area contributed by atoms with Gasteiger partial charge in [0.25, 0.3) is 0 Å². The number of anilines is 2. The van der Waals surface area contributed by atoms with Crippen molar-refractivity contribution in [1.29, 1.82) is 0 Å². The van der Waals surface area contributed by atoms with E-state index in [-0.39, 0.29) is 6.04 Å². The van der Waals surface area contributed by atoms with E-state index >= 15 is 0 Å². The predicted octanol–water partition coefficient (Wildman–Crippen LogP) is 3.93. The maximum atomic E-state index is 10.2. The van der Waals surface area contributed by atoms with Gasteiger partial charge in [-0.1, -0.05) is 48.6 Å². The van der Waals surface area contributed by atoms with E-state index in [1.165, 1.54) is 6.08 Å². The Morgan fingerprint density at radius 3 is 1.60 bits per heavy atom. The number of hydrogen-bond donors (Lipinski definition) is 1. The quantitative estimate of drug-likeness (QED) is 0.800. The van der Waals surface area contributed by atoms with E-state index in [0.717, 1.165) is 11.4 Å². The van der Waals surface area contributed by atoms with Gasteiger partial charge >= 0.3 is 0 Å². The van der Waals surface area contributed by atoms with Gasteiger partial charge in [-0.3, -0.25) is 0 Å². The van der Waals surface area contributed by atoms with Crippen LogP contribution in [0.15, 0.2) is 86.0 Å². The first-order chi connectivity index (χ1) is 9.77. The number of para-hydroxylation sites is 2. The molecule has 2 atom stereocenters. The van der Waals surface area contributed by atoms with Crippen LogP contribution in [0.1, 0.15) is 0 Å².